The minimum Gasteiger partial charge on any atom is -0.460 e. The average molecular weight is 186 g/mol. The summed E-state index contributed by atoms with van der Waals surface area (Å²) in [7, 11) is 0. The number of esters is 1. The Morgan fingerprint density at radius 1 is 1.58 bits per heavy atom. The first-order valence-electron chi connectivity index (χ1n) is 3.54. The lowest BCUT2D eigenvalue weighted by molar-refractivity contribution is -0.142. The molecule has 0 amide bonds. The second-order valence-corrected chi connectivity index (χ2v) is 3.56. The summed E-state index contributed by atoms with van der Waals surface area (Å²) in [6, 6.07) is 3.67. The van der Waals surface area contributed by atoms with E-state index < -0.39 is 0 Å². The fourth-order valence-electron chi connectivity index (χ4n) is 0.758. The van der Waals surface area contributed by atoms with E-state index in [0.717, 1.165) is 9.75 Å². The van der Waals surface area contributed by atoms with Gasteiger partial charge in [0.05, 0.1) is 6.61 Å². The number of aliphatic hydroxyl groups excluding tert-OH is 1. The van der Waals surface area contributed by atoms with Crippen molar-refractivity contribution in [3.8, 4) is 0 Å². The Morgan fingerprint density at radius 2 is 2.25 bits per heavy atom. The Hall–Kier alpha value is -0.870. The van der Waals surface area contributed by atoms with E-state index in [2.05, 4.69) is 0 Å². The van der Waals surface area contributed by atoms with Crippen LogP contribution in [-0.2, 0) is 22.7 Å². The molecule has 12 heavy (non-hydrogen) atoms. The van der Waals surface area contributed by atoms with E-state index >= 15 is 0 Å². The molecule has 0 aromatic carbocycles. The Balaban J connectivity index is 2.47. The average Bonchev–Trinajstić information content (AvgIpc) is 2.48. The van der Waals surface area contributed by atoms with Crippen molar-refractivity contribution in [2.75, 3.05) is 0 Å². The van der Waals surface area contributed by atoms with Crippen molar-refractivity contribution in [2.24, 2.45) is 0 Å². The Bertz CT molecular complexity index is 267. The fraction of sp³-hybridized carbons (Fsp3) is 0.375. The minimum absolute atomic E-state index is 0.0464. The molecule has 1 N–H and O–H groups in total. The maximum Gasteiger partial charge on any atom is 0.302 e. The number of thiophene rings is 1. The molecule has 0 fully saturated rings. The number of aliphatic hydroxyl groups is 1. The summed E-state index contributed by atoms with van der Waals surface area (Å²) in [5, 5.41) is 8.73. The summed E-state index contributed by atoms with van der Waals surface area (Å²) in [6.45, 7) is 1.73. The number of ether oxygens (including phenoxy) is 1. The van der Waals surface area contributed by atoms with Crippen molar-refractivity contribution in [3.63, 3.8) is 0 Å². The molecule has 0 radical (unpaired) electrons. The molecule has 1 rings (SSSR count). The molecule has 0 aliphatic carbocycles. The summed E-state index contributed by atoms with van der Waals surface area (Å²) in [5.41, 5.74) is 0. The first-order chi connectivity index (χ1) is 5.72. The third kappa shape index (κ3) is 2.64. The lowest BCUT2D eigenvalue weighted by Gasteiger charge is -1.96. The summed E-state index contributed by atoms with van der Waals surface area (Å²) in [4.78, 5) is 12.3. The van der Waals surface area contributed by atoms with Crippen molar-refractivity contribution in [2.45, 2.75) is 20.1 Å². The van der Waals surface area contributed by atoms with Crippen LogP contribution in [0.25, 0.3) is 0 Å². The normalized spacial score (nSPS) is 9.83. The first kappa shape index (κ1) is 9.22. The largest absolute Gasteiger partial charge is 0.460 e. The van der Waals surface area contributed by atoms with Crippen LogP contribution in [0.2, 0.25) is 0 Å². The van der Waals surface area contributed by atoms with Crippen LogP contribution in [0.15, 0.2) is 12.1 Å². The van der Waals surface area contributed by atoms with Gasteiger partial charge in [-0.25, -0.2) is 0 Å². The first-order valence-corrected chi connectivity index (χ1v) is 4.36. The van der Waals surface area contributed by atoms with Gasteiger partial charge in [-0.1, -0.05) is 0 Å². The number of carbonyl (C=O) groups excluding carboxylic acids is 1. The molecule has 0 atom stereocenters. The van der Waals surface area contributed by atoms with Crippen LogP contribution in [0.5, 0.6) is 0 Å². The summed E-state index contributed by atoms with van der Waals surface area (Å²) >= 11 is 1.45. The molecule has 0 aliphatic heterocycles. The monoisotopic (exact) mass is 186 g/mol. The summed E-state index contributed by atoms with van der Waals surface area (Å²) in [5.74, 6) is -0.283. The van der Waals surface area contributed by atoms with Gasteiger partial charge in [0, 0.05) is 16.7 Å². The maximum atomic E-state index is 10.4. The molecule has 0 bridgehead atoms. The van der Waals surface area contributed by atoms with Crippen LogP contribution in [0.3, 0.4) is 0 Å². The summed E-state index contributed by atoms with van der Waals surface area (Å²) in [6.07, 6.45) is 0. The van der Waals surface area contributed by atoms with Gasteiger partial charge in [0.2, 0.25) is 0 Å². The van der Waals surface area contributed by atoms with Gasteiger partial charge < -0.3 is 9.84 Å². The number of carbonyl (C=O) groups is 1. The standard InChI is InChI=1S/C8H10O3S/c1-6(10)11-5-8-3-2-7(4-9)12-8/h2-3,9H,4-5H2,1H3. The molecule has 4 heteroatoms. The van der Waals surface area contributed by atoms with Crippen molar-refractivity contribution >= 4 is 17.3 Å². The zero-order valence-electron chi connectivity index (χ0n) is 6.74. The van der Waals surface area contributed by atoms with Crippen LogP contribution < -0.4 is 0 Å². The maximum absolute atomic E-state index is 10.4. The predicted octanol–water partition coefficient (Wildman–Crippen LogP) is 1.30. The number of rotatable bonds is 3. The van der Waals surface area contributed by atoms with Crippen LogP contribution in [-0.4, -0.2) is 11.1 Å². The van der Waals surface area contributed by atoms with E-state index in [1.807, 2.05) is 12.1 Å². The molecule has 0 spiro atoms. The molecule has 0 saturated heterocycles. The lowest BCUT2D eigenvalue weighted by atomic mass is 10.4. The summed E-state index contributed by atoms with van der Waals surface area (Å²) < 4.78 is 4.78. The molecular weight excluding hydrogens is 176 g/mol. The molecular formula is C8H10O3S. The lowest BCUT2D eigenvalue weighted by Crippen LogP contribution is -1.96. The highest BCUT2D eigenvalue weighted by Crippen LogP contribution is 2.16. The van der Waals surface area contributed by atoms with Gasteiger partial charge in [-0.2, -0.15) is 0 Å². The molecule has 0 unspecified atom stereocenters. The zero-order valence-corrected chi connectivity index (χ0v) is 7.56. The van der Waals surface area contributed by atoms with E-state index in [-0.39, 0.29) is 12.6 Å². The van der Waals surface area contributed by atoms with Gasteiger partial charge in [0.15, 0.2) is 0 Å². The predicted molar refractivity (Wildman–Crippen MR) is 45.7 cm³/mol. The van der Waals surface area contributed by atoms with E-state index in [9.17, 15) is 4.79 Å². The van der Waals surface area contributed by atoms with E-state index in [1.54, 1.807) is 0 Å². The SMILES string of the molecule is CC(=O)OCc1ccc(CO)s1. The van der Waals surface area contributed by atoms with E-state index in [1.165, 1.54) is 18.3 Å². The quantitative estimate of drug-likeness (QED) is 0.724. The highest BCUT2D eigenvalue weighted by Gasteiger charge is 2.00. The second-order valence-electron chi connectivity index (χ2n) is 2.31. The topological polar surface area (TPSA) is 46.5 Å². The smallest absolute Gasteiger partial charge is 0.302 e. The zero-order chi connectivity index (χ0) is 8.97. The van der Waals surface area contributed by atoms with E-state index in [0.29, 0.717) is 6.61 Å². The van der Waals surface area contributed by atoms with Crippen LogP contribution in [0.1, 0.15) is 16.7 Å². The number of hydrogen-bond acceptors (Lipinski definition) is 4. The molecule has 1 aromatic heterocycles. The minimum atomic E-state index is -0.283. The molecule has 1 aromatic rings. The van der Waals surface area contributed by atoms with E-state index in [4.69, 9.17) is 9.84 Å². The van der Waals surface area contributed by atoms with Gasteiger partial charge in [-0.15, -0.1) is 11.3 Å². The molecule has 0 aliphatic rings. The van der Waals surface area contributed by atoms with Gasteiger partial charge >= 0.3 is 5.97 Å². The Morgan fingerprint density at radius 3 is 2.75 bits per heavy atom. The van der Waals surface area contributed by atoms with Gasteiger partial charge in [0.1, 0.15) is 6.61 Å². The van der Waals surface area contributed by atoms with Crippen molar-refractivity contribution < 1.29 is 14.6 Å². The molecule has 3 nitrogen and oxygen atoms in total. The highest BCUT2D eigenvalue weighted by molar-refractivity contribution is 7.11. The van der Waals surface area contributed by atoms with Crippen molar-refractivity contribution in [3.05, 3.63) is 21.9 Å². The van der Waals surface area contributed by atoms with Gasteiger partial charge in [0.25, 0.3) is 0 Å². The third-order valence-electron chi connectivity index (χ3n) is 1.29. The van der Waals surface area contributed by atoms with Crippen LogP contribution >= 0.6 is 11.3 Å². The molecule has 0 saturated carbocycles. The van der Waals surface area contributed by atoms with Gasteiger partial charge in [-0.3, -0.25) is 4.79 Å². The van der Waals surface area contributed by atoms with Gasteiger partial charge in [-0.05, 0) is 12.1 Å². The molecule has 1 heterocycles. The molecule has 66 valence electrons. The Labute approximate surface area is 74.6 Å². The third-order valence-corrected chi connectivity index (χ3v) is 2.33. The number of hydrogen-bond donors (Lipinski definition) is 1. The fourth-order valence-corrected chi connectivity index (χ4v) is 1.55. The van der Waals surface area contributed by atoms with Crippen LogP contribution in [0.4, 0.5) is 0 Å². The van der Waals surface area contributed by atoms with Crippen molar-refractivity contribution in [1.29, 1.82) is 0 Å². The van der Waals surface area contributed by atoms with Crippen molar-refractivity contribution in [1.82, 2.24) is 0 Å². The Kier molecular flexibility index (Phi) is 3.25. The second kappa shape index (κ2) is 4.23. The van der Waals surface area contributed by atoms with Crippen LogP contribution in [0, 0.1) is 0 Å². The highest BCUT2D eigenvalue weighted by atomic mass is 32.1.